The van der Waals surface area contributed by atoms with Crippen molar-refractivity contribution in [1.82, 2.24) is 16.0 Å². The van der Waals surface area contributed by atoms with Crippen LogP contribution in [0.25, 0.3) is 0 Å². The topological polar surface area (TPSA) is 208 Å². The Hall–Kier alpha value is -4.29. The van der Waals surface area contributed by atoms with Crippen LogP contribution in [0, 0.1) is 0 Å². The van der Waals surface area contributed by atoms with E-state index in [-0.39, 0.29) is 12.8 Å². The van der Waals surface area contributed by atoms with Crippen molar-refractivity contribution in [2.75, 3.05) is 0 Å². The molecule has 38 heavy (non-hydrogen) atoms. The maximum Gasteiger partial charge on any atom is 0.328 e. The van der Waals surface area contributed by atoms with Crippen molar-refractivity contribution in [3.8, 4) is 0 Å². The highest BCUT2D eigenvalue weighted by Gasteiger charge is 2.32. The molecule has 0 heterocycles. The molecule has 8 N–H and O–H groups in total. The lowest BCUT2D eigenvalue weighted by atomic mass is 10.0. The van der Waals surface area contributed by atoms with E-state index in [2.05, 4.69) is 16.0 Å². The van der Waals surface area contributed by atoms with Crippen molar-refractivity contribution >= 4 is 29.7 Å². The van der Waals surface area contributed by atoms with Gasteiger partial charge in [0.05, 0.1) is 18.6 Å². The molecule has 12 nitrogen and oxygen atoms in total. The molecule has 0 aliphatic heterocycles. The number of nitrogens with one attached hydrogen (secondary N) is 3. The van der Waals surface area contributed by atoms with Crippen LogP contribution >= 0.6 is 0 Å². The van der Waals surface area contributed by atoms with Crippen molar-refractivity contribution in [3.63, 3.8) is 0 Å². The van der Waals surface area contributed by atoms with E-state index in [1.165, 1.54) is 6.92 Å². The maximum absolute atomic E-state index is 13.1. The Morgan fingerprint density at radius 1 is 0.737 bits per heavy atom. The van der Waals surface area contributed by atoms with Crippen LogP contribution in [0.5, 0.6) is 0 Å². The Kier molecular flexibility index (Phi) is 11.4. The predicted octanol–water partition coefficient (Wildman–Crippen LogP) is -0.806. The second-order valence-corrected chi connectivity index (χ2v) is 8.77. The molecule has 5 unspecified atom stereocenters. The number of hydrogen-bond donors (Lipinski definition) is 7. The number of hydrogen-bond acceptors (Lipinski definition) is 7. The van der Waals surface area contributed by atoms with Crippen molar-refractivity contribution in [2.24, 2.45) is 5.73 Å². The fourth-order valence-corrected chi connectivity index (χ4v) is 3.60. The number of carbonyl (C=O) groups excluding carboxylic acids is 3. The largest absolute Gasteiger partial charge is 0.481 e. The number of nitrogens with two attached hydrogens (primary N) is 1. The monoisotopic (exact) mass is 528 g/mol. The summed E-state index contributed by atoms with van der Waals surface area (Å²) in [5.74, 6) is -5.53. The third-order valence-electron chi connectivity index (χ3n) is 5.61. The summed E-state index contributed by atoms with van der Waals surface area (Å²) in [6, 6.07) is 11.7. The molecular weight excluding hydrogens is 496 g/mol. The second-order valence-electron chi connectivity index (χ2n) is 8.77. The van der Waals surface area contributed by atoms with Gasteiger partial charge in [-0.2, -0.15) is 0 Å². The number of amides is 3. The zero-order valence-corrected chi connectivity index (χ0v) is 20.7. The molecule has 2 aromatic carbocycles. The third kappa shape index (κ3) is 9.64. The lowest BCUT2D eigenvalue weighted by molar-refractivity contribution is -0.145. The molecule has 0 radical (unpaired) electrons. The third-order valence-corrected chi connectivity index (χ3v) is 5.61. The van der Waals surface area contributed by atoms with E-state index in [4.69, 9.17) is 5.73 Å². The molecule has 2 rings (SSSR count). The number of carbonyl (C=O) groups is 5. The predicted molar refractivity (Wildman–Crippen MR) is 136 cm³/mol. The summed E-state index contributed by atoms with van der Waals surface area (Å²) in [7, 11) is 0. The molecule has 3 amide bonds. The average molecular weight is 529 g/mol. The van der Waals surface area contributed by atoms with Gasteiger partial charge in [0.2, 0.25) is 17.7 Å². The molecule has 0 bridgehead atoms. The van der Waals surface area contributed by atoms with Gasteiger partial charge in [-0.1, -0.05) is 60.7 Å². The standard InChI is InChI=1S/C26H32N4O8/c1-15(31)22(26(37)38)30-25(36)19(13-17-10-6-3-7-11-17)29-24(35)20(14-21(32)33)28-23(34)18(27)12-16-8-4-2-5-9-16/h2-11,15,18-20,22,31H,12-14,27H2,1H3,(H,28,34)(H,29,35)(H,30,36)(H,32,33)(H,37,38). The highest BCUT2D eigenvalue weighted by Crippen LogP contribution is 2.07. The molecule has 5 atom stereocenters. The number of aliphatic hydroxyl groups is 1. The van der Waals surface area contributed by atoms with E-state index in [0.717, 1.165) is 5.56 Å². The van der Waals surface area contributed by atoms with Gasteiger partial charge in [-0.3, -0.25) is 19.2 Å². The molecule has 0 aliphatic rings. The zero-order chi connectivity index (χ0) is 28.2. The van der Waals surface area contributed by atoms with Crippen LogP contribution in [0.2, 0.25) is 0 Å². The Morgan fingerprint density at radius 3 is 1.68 bits per heavy atom. The van der Waals surface area contributed by atoms with Gasteiger partial charge in [0.15, 0.2) is 6.04 Å². The Bertz CT molecular complexity index is 1110. The van der Waals surface area contributed by atoms with Crippen molar-refractivity contribution in [1.29, 1.82) is 0 Å². The number of carboxylic acid groups (broad SMARTS) is 2. The summed E-state index contributed by atoms with van der Waals surface area (Å²) in [6.07, 6.45) is -2.16. The number of benzene rings is 2. The highest BCUT2D eigenvalue weighted by molar-refractivity contribution is 5.95. The second kappa shape index (κ2) is 14.4. The normalized spacial score (nSPS) is 14.7. The Morgan fingerprint density at radius 2 is 1.21 bits per heavy atom. The Labute approximate surface area is 219 Å². The summed E-state index contributed by atoms with van der Waals surface area (Å²) in [6.45, 7) is 1.18. The first-order valence-corrected chi connectivity index (χ1v) is 11.8. The van der Waals surface area contributed by atoms with Gasteiger partial charge in [-0.25, -0.2) is 4.79 Å². The minimum atomic E-state index is -1.65. The van der Waals surface area contributed by atoms with Crippen LogP contribution in [0.1, 0.15) is 24.5 Å². The molecular formula is C26H32N4O8. The molecule has 12 heteroatoms. The first-order chi connectivity index (χ1) is 18.0. The summed E-state index contributed by atoms with van der Waals surface area (Å²) < 4.78 is 0. The highest BCUT2D eigenvalue weighted by atomic mass is 16.4. The van der Waals surface area contributed by atoms with Gasteiger partial charge in [0, 0.05) is 6.42 Å². The minimum absolute atomic E-state index is 0.0776. The van der Waals surface area contributed by atoms with Crippen LogP contribution < -0.4 is 21.7 Å². The van der Waals surface area contributed by atoms with Crippen LogP contribution in [-0.4, -0.2) is 75.3 Å². The zero-order valence-electron chi connectivity index (χ0n) is 20.7. The van der Waals surface area contributed by atoms with E-state index in [9.17, 15) is 39.3 Å². The summed E-state index contributed by atoms with van der Waals surface area (Å²) >= 11 is 0. The number of aliphatic hydroxyl groups excluding tert-OH is 1. The molecule has 0 fully saturated rings. The molecule has 0 saturated carbocycles. The van der Waals surface area contributed by atoms with Crippen LogP contribution in [0.15, 0.2) is 60.7 Å². The van der Waals surface area contributed by atoms with E-state index in [1.54, 1.807) is 60.7 Å². The minimum Gasteiger partial charge on any atom is -0.481 e. The quantitative estimate of drug-likeness (QED) is 0.163. The SMILES string of the molecule is CC(O)C(NC(=O)C(Cc1ccccc1)NC(=O)C(CC(=O)O)NC(=O)C(N)Cc1ccccc1)C(=O)O. The maximum atomic E-state index is 13.1. The van der Waals surface area contributed by atoms with E-state index >= 15 is 0 Å². The van der Waals surface area contributed by atoms with Gasteiger partial charge in [0.1, 0.15) is 12.1 Å². The number of rotatable bonds is 14. The molecule has 204 valence electrons. The molecule has 0 aliphatic carbocycles. The molecule has 0 spiro atoms. The number of aliphatic carboxylic acids is 2. The first kappa shape index (κ1) is 29.9. The van der Waals surface area contributed by atoms with E-state index in [0.29, 0.717) is 5.56 Å². The summed E-state index contributed by atoms with van der Waals surface area (Å²) in [4.78, 5) is 61.6. The van der Waals surface area contributed by atoms with Crippen LogP contribution in [-0.2, 0) is 36.8 Å². The van der Waals surface area contributed by atoms with E-state index in [1.807, 2.05) is 0 Å². The van der Waals surface area contributed by atoms with Gasteiger partial charge in [-0.15, -0.1) is 0 Å². The molecule has 2 aromatic rings. The van der Waals surface area contributed by atoms with Gasteiger partial charge < -0.3 is 37.0 Å². The van der Waals surface area contributed by atoms with Gasteiger partial charge in [0.25, 0.3) is 0 Å². The summed E-state index contributed by atoms with van der Waals surface area (Å²) in [5.41, 5.74) is 7.33. The average Bonchev–Trinajstić information content (AvgIpc) is 2.86. The molecule has 0 aromatic heterocycles. The van der Waals surface area contributed by atoms with Gasteiger partial charge in [-0.05, 0) is 24.5 Å². The first-order valence-electron chi connectivity index (χ1n) is 11.8. The van der Waals surface area contributed by atoms with Crippen molar-refractivity contribution < 1.29 is 39.3 Å². The smallest absolute Gasteiger partial charge is 0.328 e. The lowest BCUT2D eigenvalue weighted by Crippen LogP contribution is -2.59. The fraction of sp³-hybridized carbons (Fsp3) is 0.346. The molecule has 0 saturated heterocycles. The van der Waals surface area contributed by atoms with Crippen molar-refractivity contribution in [2.45, 2.75) is 56.5 Å². The van der Waals surface area contributed by atoms with Crippen LogP contribution in [0.3, 0.4) is 0 Å². The van der Waals surface area contributed by atoms with Crippen LogP contribution in [0.4, 0.5) is 0 Å². The fourth-order valence-electron chi connectivity index (χ4n) is 3.60. The van der Waals surface area contributed by atoms with Crippen molar-refractivity contribution in [3.05, 3.63) is 71.8 Å². The lowest BCUT2D eigenvalue weighted by Gasteiger charge is -2.25. The Balaban J connectivity index is 2.20. The van der Waals surface area contributed by atoms with E-state index < -0.39 is 66.4 Å². The number of carboxylic acids is 2. The summed E-state index contributed by atoms with van der Waals surface area (Å²) in [5, 5.41) is 35.2. The van der Waals surface area contributed by atoms with Gasteiger partial charge >= 0.3 is 11.9 Å².